The molecule has 0 spiro atoms. The lowest BCUT2D eigenvalue weighted by Crippen LogP contribution is -2.05. The SMILES string of the molecule is CCOc1cc(Br)c(C(=O)OC)cc1OCC. The molecule has 0 aromatic heterocycles. The number of esters is 1. The molecule has 1 aromatic rings. The Hall–Kier alpha value is -1.23. The van der Waals surface area contributed by atoms with Gasteiger partial charge in [0.25, 0.3) is 0 Å². The molecule has 1 aromatic carbocycles. The summed E-state index contributed by atoms with van der Waals surface area (Å²) in [5.74, 6) is 0.729. The van der Waals surface area contributed by atoms with Gasteiger partial charge < -0.3 is 14.2 Å². The van der Waals surface area contributed by atoms with E-state index in [1.54, 1.807) is 12.1 Å². The Bertz CT molecular complexity index is 404. The van der Waals surface area contributed by atoms with Crippen LogP contribution in [0.4, 0.5) is 0 Å². The van der Waals surface area contributed by atoms with Crippen LogP contribution in [0, 0.1) is 0 Å². The van der Waals surface area contributed by atoms with Crippen molar-refractivity contribution in [3.8, 4) is 11.5 Å². The first-order valence-corrected chi connectivity index (χ1v) is 6.10. The summed E-state index contributed by atoms with van der Waals surface area (Å²) in [5, 5.41) is 0. The standard InChI is InChI=1S/C12H15BrO4/c1-4-16-10-6-8(12(14)15-3)9(13)7-11(10)17-5-2/h6-7H,4-5H2,1-3H3. The number of hydrogen-bond donors (Lipinski definition) is 0. The predicted octanol–water partition coefficient (Wildman–Crippen LogP) is 3.03. The Morgan fingerprint density at radius 1 is 1.18 bits per heavy atom. The number of halogens is 1. The van der Waals surface area contributed by atoms with Crippen LogP contribution in [-0.2, 0) is 4.74 Å². The maximum Gasteiger partial charge on any atom is 0.339 e. The highest BCUT2D eigenvalue weighted by Gasteiger charge is 2.16. The summed E-state index contributed by atoms with van der Waals surface area (Å²) in [7, 11) is 1.34. The van der Waals surface area contributed by atoms with E-state index in [4.69, 9.17) is 9.47 Å². The van der Waals surface area contributed by atoms with Gasteiger partial charge in [0.2, 0.25) is 0 Å². The van der Waals surface area contributed by atoms with Gasteiger partial charge in [-0.2, -0.15) is 0 Å². The van der Waals surface area contributed by atoms with E-state index in [-0.39, 0.29) is 0 Å². The van der Waals surface area contributed by atoms with Gasteiger partial charge >= 0.3 is 5.97 Å². The van der Waals surface area contributed by atoms with Crippen molar-refractivity contribution < 1.29 is 19.0 Å². The highest BCUT2D eigenvalue weighted by molar-refractivity contribution is 9.10. The van der Waals surface area contributed by atoms with Gasteiger partial charge in [0.15, 0.2) is 11.5 Å². The van der Waals surface area contributed by atoms with Crippen molar-refractivity contribution in [3.63, 3.8) is 0 Å². The van der Waals surface area contributed by atoms with Crippen LogP contribution < -0.4 is 9.47 Å². The Labute approximate surface area is 109 Å². The fourth-order valence-electron chi connectivity index (χ4n) is 1.34. The third-order valence-electron chi connectivity index (χ3n) is 2.04. The smallest absolute Gasteiger partial charge is 0.339 e. The van der Waals surface area contributed by atoms with Crippen molar-refractivity contribution in [3.05, 3.63) is 22.2 Å². The third kappa shape index (κ3) is 3.36. The number of rotatable bonds is 5. The van der Waals surface area contributed by atoms with Gasteiger partial charge in [-0.3, -0.25) is 0 Å². The molecular weight excluding hydrogens is 288 g/mol. The number of benzene rings is 1. The lowest BCUT2D eigenvalue weighted by molar-refractivity contribution is 0.0599. The topological polar surface area (TPSA) is 44.8 Å². The molecule has 0 N–H and O–H groups in total. The van der Waals surface area contributed by atoms with Crippen molar-refractivity contribution in [1.29, 1.82) is 0 Å². The summed E-state index contributed by atoms with van der Waals surface area (Å²) in [4.78, 5) is 11.5. The number of carbonyl (C=O) groups excluding carboxylic acids is 1. The molecule has 0 unspecified atom stereocenters. The molecule has 0 aliphatic rings. The quantitative estimate of drug-likeness (QED) is 0.784. The molecule has 4 nitrogen and oxygen atoms in total. The van der Waals surface area contributed by atoms with Gasteiger partial charge in [0.1, 0.15) is 0 Å². The second-order valence-corrected chi connectivity index (χ2v) is 3.99. The molecule has 0 aliphatic heterocycles. The number of carbonyl (C=O) groups is 1. The molecule has 94 valence electrons. The average Bonchev–Trinajstić information content (AvgIpc) is 2.32. The molecule has 0 amide bonds. The molecule has 0 bridgehead atoms. The summed E-state index contributed by atoms with van der Waals surface area (Å²) in [6, 6.07) is 3.32. The van der Waals surface area contributed by atoms with Gasteiger partial charge in [-0.25, -0.2) is 4.79 Å². The second-order valence-electron chi connectivity index (χ2n) is 3.14. The third-order valence-corrected chi connectivity index (χ3v) is 2.69. The minimum atomic E-state index is -0.416. The maximum atomic E-state index is 11.5. The van der Waals surface area contributed by atoms with E-state index in [1.165, 1.54) is 7.11 Å². The van der Waals surface area contributed by atoms with Crippen molar-refractivity contribution in [2.75, 3.05) is 20.3 Å². The number of methoxy groups -OCH3 is 1. The molecule has 17 heavy (non-hydrogen) atoms. The van der Waals surface area contributed by atoms with E-state index in [0.29, 0.717) is 34.7 Å². The van der Waals surface area contributed by atoms with Gasteiger partial charge in [-0.15, -0.1) is 0 Å². The van der Waals surface area contributed by atoms with Crippen LogP contribution in [0.3, 0.4) is 0 Å². The van der Waals surface area contributed by atoms with E-state index >= 15 is 0 Å². The first-order valence-electron chi connectivity index (χ1n) is 5.31. The molecule has 0 atom stereocenters. The van der Waals surface area contributed by atoms with Gasteiger partial charge in [-0.05, 0) is 41.9 Å². The van der Waals surface area contributed by atoms with Crippen molar-refractivity contribution in [2.24, 2.45) is 0 Å². The van der Waals surface area contributed by atoms with Crippen LogP contribution in [0.2, 0.25) is 0 Å². The van der Waals surface area contributed by atoms with Crippen molar-refractivity contribution >= 4 is 21.9 Å². The summed E-state index contributed by atoms with van der Waals surface area (Å²) in [6.07, 6.45) is 0. The van der Waals surface area contributed by atoms with E-state index in [1.807, 2.05) is 13.8 Å². The van der Waals surface area contributed by atoms with Crippen molar-refractivity contribution in [1.82, 2.24) is 0 Å². The van der Waals surface area contributed by atoms with Gasteiger partial charge in [0.05, 0.1) is 25.9 Å². The molecule has 0 heterocycles. The monoisotopic (exact) mass is 302 g/mol. The maximum absolute atomic E-state index is 11.5. The molecular formula is C12H15BrO4. The zero-order valence-electron chi connectivity index (χ0n) is 10.1. The summed E-state index contributed by atoms with van der Waals surface area (Å²) >= 11 is 3.31. The fraction of sp³-hybridized carbons (Fsp3) is 0.417. The Balaban J connectivity index is 3.18. The van der Waals surface area contributed by atoms with Crippen LogP contribution in [0.1, 0.15) is 24.2 Å². The van der Waals surface area contributed by atoms with Crippen molar-refractivity contribution in [2.45, 2.75) is 13.8 Å². The zero-order chi connectivity index (χ0) is 12.8. The Morgan fingerprint density at radius 3 is 2.18 bits per heavy atom. The van der Waals surface area contributed by atoms with E-state index in [0.717, 1.165) is 0 Å². The second kappa shape index (κ2) is 6.49. The van der Waals surface area contributed by atoms with Gasteiger partial charge in [-0.1, -0.05) is 0 Å². The normalized spacial score (nSPS) is 9.88. The predicted molar refractivity (Wildman–Crippen MR) is 67.8 cm³/mol. The van der Waals surface area contributed by atoms with E-state index in [9.17, 15) is 4.79 Å². The molecule has 0 saturated carbocycles. The Kier molecular flexibility index (Phi) is 5.28. The fourth-order valence-corrected chi connectivity index (χ4v) is 1.82. The van der Waals surface area contributed by atoms with Crippen LogP contribution in [0.25, 0.3) is 0 Å². The van der Waals surface area contributed by atoms with Crippen LogP contribution in [0.5, 0.6) is 11.5 Å². The largest absolute Gasteiger partial charge is 0.490 e. The first-order chi connectivity index (χ1) is 8.13. The van der Waals surface area contributed by atoms with E-state index < -0.39 is 5.97 Å². The number of ether oxygens (including phenoxy) is 3. The summed E-state index contributed by atoms with van der Waals surface area (Å²) in [6.45, 7) is 4.79. The molecule has 0 fully saturated rings. The van der Waals surface area contributed by atoms with Crippen LogP contribution in [-0.4, -0.2) is 26.3 Å². The van der Waals surface area contributed by atoms with E-state index in [2.05, 4.69) is 20.7 Å². The van der Waals surface area contributed by atoms with Crippen LogP contribution in [0.15, 0.2) is 16.6 Å². The summed E-state index contributed by atoms with van der Waals surface area (Å²) in [5.41, 5.74) is 0.416. The molecule has 5 heteroatoms. The average molecular weight is 303 g/mol. The lowest BCUT2D eigenvalue weighted by Gasteiger charge is -2.13. The summed E-state index contributed by atoms with van der Waals surface area (Å²) < 4.78 is 16.2. The molecule has 0 radical (unpaired) electrons. The lowest BCUT2D eigenvalue weighted by atomic mass is 10.2. The van der Waals surface area contributed by atoms with Gasteiger partial charge in [0, 0.05) is 4.47 Å². The first kappa shape index (κ1) is 13.8. The Morgan fingerprint density at radius 2 is 1.71 bits per heavy atom. The number of hydrogen-bond acceptors (Lipinski definition) is 4. The zero-order valence-corrected chi connectivity index (χ0v) is 11.7. The molecule has 0 saturated heterocycles. The minimum absolute atomic E-state index is 0.416. The highest BCUT2D eigenvalue weighted by Crippen LogP contribution is 2.34. The highest BCUT2D eigenvalue weighted by atomic mass is 79.9. The molecule has 1 rings (SSSR count). The molecule has 0 aliphatic carbocycles. The minimum Gasteiger partial charge on any atom is -0.490 e. The van der Waals surface area contributed by atoms with Crippen LogP contribution >= 0.6 is 15.9 Å².